The molecule has 3 rings (SSSR count). The molecule has 0 aromatic heterocycles. The second-order valence-corrected chi connectivity index (χ2v) is 6.40. The highest BCUT2D eigenvalue weighted by Gasteiger charge is 2.18. The highest BCUT2D eigenvalue weighted by atomic mass is 32.2. The molecule has 0 aliphatic carbocycles. The molecule has 1 N–H and O–H groups in total. The van der Waals surface area contributed by atoms with E-state index < -0.39 is 0 Å². The zero-order valence-corrected chi connectivity index (χ0v) is 13.8. The van der Waals surface area contributed by atoms with Crippen molar-refractivity contribution in [3.8, 4) is 0 Å². The molecule has 0 unspecified atom stereocenters. The normalized spacial score (nSPS) is 15.2. The van der Waals surface area contributed by atoms with Crippen molar-refractivity contribution in [1.29, 1.82) is 0 Å². The van der Waals surface area contributed by atoms with Crippen LogP contribution in [0.3, 0.4) is 0 Å². The van der Waals surface area contributed by atoms with Gasteiger partial charge in [-0.2, -0.15) is 0 Å². The molecule has 2 aromatic carbocycles. The van der Waals surface area contributed by atoms with Gasteiger partial charge in [-0.25, -0.2) is 0 Å². The summed E-state index contributed by atoms with van der Waals surface area (Å²) in [6.07, 6.45) is 1.08. The summed E-state index contributed by atoms with van der Waals surface area (Å²) in [7, 11) is 0. The maximum absolute atomic E-state index is 4.96. The Kier molecular flexibility index (Phi) is 5.30. The molecule has 0 amide bonds. The van der Waals surface area contributed by atoms with Crippen molar-refractivity contribution in [1.82, 2.24) is 5.32 Å². The van der Waals surface area contributed by atoms with Gasteiger partial charge in [-0.15, -0.1) is 11.8 Å². The summed E-state index contributed by atoms with van der Waals surface area (Å²) in [5, 5.41) is 3.36. The number of nitrogens with one attached hydrogen (secondary N) is 1. The van der Waals surface area contributed by atoms with Crippen molar-refractivity contribution >= 4 is 17.5 Å². The molecule has 1 aliphatic rings. The average Bonchev–Trinajstić information content (AvgIpc) is 2.72. The van der Waals surface area contributed by atoms with Crippen molar-refractivity contribution in [2.45, 2.75) is 24.0 Å². The Bertz CT molecular complexity index is 614. The number of hydrogen-bond acceptors (Lipinski definition) is 3. The first-order chi connectivity index (χ1) is 10.9. The van der Waals surface area contributed by atoms with Crippen LogP contribution < -0.4 is 5.32 Å². The largest absolute Gasteiger partial charge is 0.317 e. The van der Waals surface area contributed by atoms with E-state index in [4.69, 9.17) is 4.99 Å². The van der Waals surface area contributed by atoms with Crippen LogP contribution in [-0.2, 0) is 5.75 Å². The molecule has 1 heterocycles. The molecule has 22 heavy (non-hydrogen) atoms. The fourth-order valence-corrected chi connectivity index (χ4v) is 3.77. The fraction of sp³-hybridized carbons (Fsp3) is 0.316. The quantitative estimate of drug-likeness (QED) is 0.840. The lowest BCUT2D eigenvalue weighted by Gasteiger charge is -2.10. The summed E-state index contributed by atoms with van der Waals surface area (Å²) in [4.78, 5) is 6.30. The zero-order valence-electron chi connectivity index (χ0n) is 13.0. The third kappa shape index (κ3) is 3.42. The number of thioether (sulfide) groups is 1. The molecule has 0 spiro atoms. The fourth-order valence-electron chi connectivity index (χ4n) is 2.71. The van der Waals surface area contributed by atoms with Gasteiger partial charge in [-0.3, -0.25) is 4.99 Å². The van der Waals surface area contributed by atoms with Crippen molar-refractivity contribution in [2.75, 3.05) is 19.6 Å². The van der Waals surface area contributed by atoms with E-state index in [9.17, 15) is 0 Å². The Hall–Kier alpha value is -1.58. The third-order valence-corrected chi connectivity index (χ3v) is 4.95. The number of fused-ring (bicyclic) bond motifs is 2. The summed E-state index contributed by atoms with van der Waals surface area (Å²) in [6, 6.07) is 17.3. The third-order valence-electron chi connectivity index (χ3n) is 3.83. The Balaban J connectivity index is 1.93. The maximum atomic E-state index is 4.96. The number of hydrogen-bond donors (Lipinski definition) is 1. The van der Waals surface area contributed by atoms with Crippen molar-refractivity contribution in [2.24, 2.45) is 4.99 Å². The number of aliphatic imine (C=N–C) groups is 1. The van der Waals surface area contributed by atoms with Gasteiger partial charge in [0.2, 0.25) is 0 Å². The predicted molar refractivity (Wildman–Crippen MR) is 96.1 cm³/mol. The van der Waals surface area contributed by atoms with E-state index in [0.29, 0.717) is 0 Å². The lowest BCUT2D eigenvalue weighted by Crippen LogP contribution is -2.15. The van der Waals surface area contributed by atoms with Crippen molar-refractivity contribution in [3.05, 3.63) is 65.2 Å². The molecule has 114 valence electrons. The zero-order chi connectivity index (χ0) is 15.2. The first-order valence-electron chi connectivity index (χ1n) is 7.96. The standard InChI is InChI=1S/C19H22N2S/c1-2-20-12-7-13-21-19-16-9-4-3-8-15(16)14-22-18-11-6-5-10-17(18)19/h3-6,8-11,20H,2,7,12-14H2,1H3/b21-19-. The second kappa shape index (κ2) is 7.61. The Morgan fingerprint density at radius 3 is 2.68 bits per heavy atom. The van der Waals surface area contributed by atoms with Crippen LogP contribution in [0.15, 0.2) is 58.4 Å². The first-order valence-corrected chi connectivity index (χ1v) is 8.94. The van der Waals surface area contributed by atoms with Crippen molar-refractivity contribution in [3.63, 3.8) is 0 Å². The van der Waals surface area contributed by atoms with Gasteiger partial charge in [0.05, 0.1) is 5.71 Å². The Morgan fingerprint density at radius 1 is 1.05 bits per heavy atom. The van der Waals surface area contributed by atoms with E-state index in [2.05, 4.69) is 60.8 Å². The van der Waals surface area contributed by atoms with Crippen LogP contribution in [0.25, 0.3) is 0 Å². The summed E-state index contributed by atoms with van der Waals surface area (Å²) >= 11 is 1.91. The van der Waals surface area contributed by atoms with Gasteiger partial charge < -0.3 is 5.32 Å². The minimum Gasteiger partial charge on any atom is -0.317 e. The molecule has 0 fully saturated rings. The molecule has 0 radical (unpaired) electrons. The minimum absolute atomic E-state index is 0.871. The summed E-state index contributed by atoms with van der Waals surface area (Å²) in [6.45, 7) is 5.07. The SMILES string of the molecule is CCNCCC/N=C1/c2ccccc2CSc2ccccc21. The number of benzene rings is 2. The Labute approximate surface area is 137 Å². The Morgan fingerprint density at radius 2 is 1.82 bits per heavy atom. The van der Waals surface area contributed by atoms with Gasteiger partial charge in [0.25, 0.3) is 0 Å². The van der Waals surface area contributed by atoms with Crippen LogP contribution in [0.2, 0.25) is 0 Å². The van der Waals surface area contributed by atoms with Gasteiger partial charge in [0.15, 0.2) is 0 Å². The molecule has 2 aromatic rings. The van der Waals surface area contributed by atoms with Gasteiger partial charge in [0, 0.05) is 28.3 Å². The lowest BCUT2D eigenvalue weighted by atomic mass is 9.98. The maximum Gasteiger partial charge on any atom is 0.0733 e. The lowest BCUT2D eigenvalue weighted by molar-refractivity contribution is 0.680. The molecule has 0 bridgehead atoms. The molecule has 2 nitrogen and oxygen atoms in total. The van der Waals surface area contributed by atoms with Crippen LogP contribution in [0.5, 0.6) is 0 Å². The molecular formula is C19H22N2S. The molecule has 0 atom stereocenters. The van der Waals surface area contributed by atoms with E-state index >= 15 is 0 Å². The number of nitrogens with zero attached hydrogens (tertiary/aromatic N) is 1. The van der Waals surface area contributed by atoms with E-state index in [1.165, 1.54) is 21.6 Å². The summed E-state index contributed by atoms with van der Waals surface area (Å²) in [5.41, 5.74) is 5.12. The van der Waals surface area contributed by atoms with Gasteiger partial charge in [-0.1, -0.05) is 49.4 Å². The topological polar surface area (TPSA) is 24.4 Å². The molecule has 3 heteroatoms. The van der Waals surface area contributed by atoms with E-state index in [-0.39, 0.29) is 0 Å². The van der Waals surface area contributed by atoms with Crippen LogP contribution in [0, 0.1) is 0 Å². The van der Waals surface area contributed by atoms with Crippen LogP contribution in [0.4, 0.5) is 0 Å². The highest BCUT2D eigenvalue weighted by Crippen LogP contribution is 2.33. The molecular weight excluding hydrogens is 288 g/mol. The van der Waals surface area contributed by atoms with E-state index in [1.54, 1.807) is 0 Å². The molecule has 1 aliphatic heterocycles. The van der Waals surface area contributed by atoms with Crippen molar-refractivity contribution < 1.29 is 0 Å². The van der Waals surface area contributed by atoms with Crippen LogP contribution in [0.1, 0.15) is 30.0 Å². The van der Waals surface area contributed by atoms with Crippen LogP contribution >= 0.6 is 11.8 Å². The minimum atomic E-state index is 0.871. The summed E-state index contributed by atoms with van der Waals surface area (Å²) < 4.78 is 0. The smallest absolute Gasteiger partial charge is 0.0733 e. The van der Waals surface area contributed by atoms with Gasteiger partial charge >= 0.3 is 0 Å². The summed E-state index contributed by atoms with van der Waals surface area (Å²) in [5.74, 6) is 1.02. The first kappa shape index (κ1) is 15.3. The highest BCUT2D eigenvalue weighted by molar-refractivity contribution is 7.98. The van der Waals surface area contributed by atoms with Gasteiger partial charge in [-0.05, 0) is 31.1 Å². The number of rotatable bonds is 5. The monoisotopic (exact) mass is 310 g/mol. The average molecular weight is 310 g/mol. The molecule has 0 saturated carbocycles. The van der Waals surface area contributed by atoms with Gasteiger partial charge in [0.1, 0.15) is 0 Å². The molecule has 0 saturated heterocycles. The van der Waals surface area contributed by atoms with E-state index in [1.807, 2.05) is 11.8 Å². The predicted octanol–water partition coefficient (Wildman–Crippen LogP) is 4.13. The second-order valence-electron chi connectivity index (χ2n) is 5.38. The van der Waals surface area contributed by atoms with Crippen LogP contribution in [-0.4, -0.2) is 25.3 Å². The van der Waals surface area contributed by atoms with E-state index in [0.717, 1.165) is 37.5 Å².